The van der Waals surface area contributed by atoms with Gasteiger partial charge in [0.15, 0.2) is 0 Å². The van der Waals surface area contributed by atoms with Gasteiger partial charge in [-0.2, -0.15) is 0 Å². The van der Waals surface area contributed by atoms with Gasteiger partial charge < -0.3 is 14.9 Å². The van der Waals surface area contributed by atoms with Crippen molar-refractivity contribution >= 4 is 6.09 Å². The minimum atomic E-state index is -0.538. The van der Waals surface area contributed by atoms with Crippen molar-refractivity contribution in [3.8, 4) is 11.1 Å². The van der Waals surface area contributed by atoms with Crippen molar-refractivity contribution in [1.29, 1.82) is 0 Å². The molecule has 0 radical (unpaired) electrons. The number of aliphatic hydroxyl groups excluding tert-OH is 2. The van der Waals surface area contributed by atoms with Crippen LogP contribution in [-0.4, -0.2) is 52.1 Å². The summed E-state index contributed by atoms with van der Waals surface area (Å²) in [4.78, 5) is 14.6. The Balaban J connectivity index is 1.37. The van der Waals surface area contributed by atoms with E-state index in [4.69, 9.17) is 4.74 Å². The Bertz CT molecular complexity index is 834. The predicted octanol–water partition coefficient (Wildman–Crippen LogP) is 3.28. The fraction of sp³-hybridized carbons (Fsp3) is 0.435. The molecule has 2 fully saturated rings. The summed E-state index contributed by atoms with van der Waals surface area (Å²) in [7, 11) is 0. The molecule has 1 aliphatic carbocycles. The van der Waals surface area contributed by atoms with E-state index in [0.29, 0.717) is 25.7 Å². The molecule has 5 nitrogen and oxygen atoms in total. The number of nitrogens with zero attached hydrogens (tertiary/aromatic N) is 1. The first kappa shape index (κ1) is 17.7. The van der Waals surface area contributed by atoms with Crippen LogP contribution >= 0.6 is 0 Å². The number of aliphatic hydroxyl groups is 2. The van der Waals surface area contributed by atoms with Crippen LogP contribution in [0.4, 0.5) is 4.79 Å². The van der Waals surface area contributed by atoms with E-state index in [9.17, 15) is 15.0 Å². The lowest BCUT2D eigenvalue weighted by Crippen LogP contribution is -2.62. The summed E-state index contributed by atoms with van der Waals surface area (Å²) in [6.45, 7) is 0.259. The summed E-state index contributed by atoms with van der Waals surface area (Å²) < 4.78 is 5.78. The fourth-order valence-corrected chi connectivity index (χ4v) is 5.29. The molecule has 2 N–H and O–H groups in total. The number of hydrogen-bond acceptors (Lipinski definition) is 4. The summed E-state index contributed by atoms with van der Waals surface area (Å²) >= 11 is 0. The second kappa shape index (κ2) is 6.90. The van der Waals surface area contributed by atoms with Crippen LogP contribution in [0.25, 0.3) is 11.1 Å². The standard InChI is InChI=1S/C23H25NO4/c25-21-11-9-19-22(26)12-10-20(21)24(19)23(27)28-13-18-16-7-3-1-5-14(16)15-6-2-4-8-17(15)18/h1-8,18-22,25-26H,9-13H2/t19-,20-,21-,22-/m1/s1. The van der Waals surface area contributed by atoms with E-state index in [-0.39, 0.29) is 24.6 Å². The van der Waals surface area contributed by atoms with E-state index in [1.54, 1.807) is 4.90 Å². The lowest BCUT2D eigenvalue weighted by molar-refractivity contribution is -0.0881. The highest BCUT2D eigenvalue weighted by Crippen LogP contribution is 2.44. The van der Waals surface area contributed by atoms with E-state index < -0.39 is 18.3 Å². The highest BCUT2D eigenvalue weighted by Gasteiger charge is 2.46. The first-order valence-electron chi connectivity index (χ1n) is 10.1. The van der Waals surface area contributed by atoms with Crippen molar-refractivity contribution in [3.05, 3.63) is 59.7 Å². The Morgan fingerprint density at radius 2 is 1.36 bits per heavy atom. The van der Waals surface area contributed by atoms with Gasteiger partial charge in [-0.25, -0.2) is 4.79 Å². The zero-order valence-corrected chi connectivity index (χ0v) is 15.7. The van der Waals surface area contributed by atoms with Crippen LogP contribution in [-0.2, 0) is 4.74 Å². The zero-order valence-electron chi connectivity index (χ0n) is 15.7. The number of fused-ring (bicyclic) bond motifs is 5. The van der Waals surface area contributed by atoms with Crippen LogP contribution in [0.15, 0.2) is 48.5 Å². The molecule has 2 aromatic rings. The molecule has 3 aliphatic rings. The smallest absolute Gasteiger partial charge is 0.410 e. The van der Waals surface area contributed by atoms with E-state index in [1.165, 1.54) is 22.3 Å². The fourth-order valence-electron chi connectivity index (χ4n) is 5.29. The predicted molar refractivity (Wildman–Crippen MR) is 105 cm³/mol. The minimum absolute atomic E-state index is 0.0100. The van der Waals surface area contributed by atoms with Gasteiger partial charge in [-0.15, -0.1) is 0 Å². The maximum atomic E-state index is 13.0. The van der Waals surface area contributed by atoms with Gasteiger partial charge in [-0.3, -0.25) is 4.90 Å². The van der Waals surface area contributed by atoms with Crippen molar-refractivity contribution in [2.24, 2.45) is 0 Å². The summed E-state index contributed by atoms with van der Waals surface area (Å²) in [5, 5.41) is 20.7. The molecule has 0 saturated carbocycles. The van der Waals surface area contributed by atoms with Gasteiger partial charge >= 0.3 is 6.09 Å². The molecule has 1 amide bonds. The second-order valence-corrected chi connectivity index (χ2v) is 8.14. The molecule has 2 aromatic carbocycles. The van der Waals surface area contributed by atoms with E-state index in [1.807, 2.05) is 24.3 Å². The number of amides is 1. The van der Waals surface area contributed by atoms with Crippen molar-refractivity contribution in [2.45, 2.75) is 55.9 Å². The Hall–Kier alpha value is -2.37. The highest BCUT2D eigenvalue weighted by atomic mass is 16.6. The van der Waals surface area contributed by atoms with E-state index in [0.717, 1.165) is 0 Å². The van der Waals surface area contributed by atoms with Crippen molar-refractivity contribution in [1.82, 2.24) is 4.90 Å². The second-order valence-electron chi connectivity index (χ2n) is 8.14. The quantitative estimate of drug-likeness (QED) is 0.840. The number of rotatable bonds is 2. The SMILES string of the molecule is O=C(OCC1c2ccccc2-c2ccccc21)N1[C@@H]2CC[C@@H](O)[C@H]1CC[C@H]2O. The Kier molecular flexibility index (Phi) is 4.37. The molecule has 28 heavy (non-hydrogen) atoms. The number of carbonyl (C=O) groups is 1. The third-order valence-corrected chi connectivity index (χ3v) is 6.67. The van der Waals surface area contributed by atoms with Gasteiger partial charge in [0.05, 0.1) is 24.3 Å². The lowest BCUT2D eigenvalue weighted by Gasteiger charge is -2.49. The summed E-state index contributed by atoms with van der Waals surface area (Å²) in [6, 6.07) is 16.0. The summed E-state index contributed by atoms with van der Waals surface area (Å²) in [5.74, 6) is 0.0100. The Morgan fingerprint density at radius 1 is 0.857 bits per heavy atom. The molecule has 2 heterocycles. The molecule has 0 spiro atoms. The molecule has 5 rings (SSSR count). The first-order valence-corrected chi connectivity index (χ1v) is 10.1. The van der Waals surface area contributed by atoms with Crippen LogP contribution in [0.1, 0.15) is 42.7 Å². The average molecular weight is 379 g/mol. The van der Waals surface area contributed by atoms with Gasteiger partial charge in [0, 0.05) is 5.92 Å². The number of ether oxygens (including phenoxy) is 1. The normalized spacial score (nSPS) is 28.6. The van der Waals surface area contributed by atoms with Crippen LogP contribution < -0.4 is 0 Å². The molecule has 0 aromatic heterocycles. The van der Waals surface area contributed by atoms with Crippen molar-refractivity contribution < 1.29 is 19.7 Å². The maximum absolute atomic E-state index is 13.0. The Morgan fingerprint density at radius 3 is 1.89 bits per heavy atom. The molecule has 146 valence electrons. The molecule has 2 aliphatic heterocycles. The van der Waals surface area contributed by atoms with Gasteiger partial charge in [-0.05, 0) is 47.9 Å². The summed E-state index contributed by atoms with van der Waals surface area (Å²) in [5.41, 5.74) is 4.74. The monoisotopic (exact) mass is 379 g/mol. The molecule has 2 bridgehead atoms. The summed E-state index contributed by atoms with van der Waals surface area (Å²) in [6.07, 6.45) is 0.980. The van der Waals surface area contributed by atoms with E-state index in [2.05, 4.69) is 24.3 Å². The lowest BCUT2D eigenvalue weighted by atomic mass is 9.81. The van der Waals surface area contributed by atoms with Gasteiger partial charge in [0.2, 0.25) is 0 Å². The van der Waals surface area contributed by atoms with Gasteiger partial charge in [-0.1, -0.05) is 48.5 Å². The van der Waals surface area contributed by atoms with E-state index >= 15 is 0 Å². The molecule has 2 saturated heterocycles. The molecular formula is C23H25NO4. The van der Waals surface area contributed by atoms with Crippen LogP contribution in [0, 0.1) is 0 Å². The largest absolute Gasteiger partial charge is 0.448 e. The highest BCUT2D eigenvalue weighted by molar-refractivity contribution is 5.79. The third kappa shape index (κ3) is 2.73. The number of hydrogen-bond donors (Lipinski definition) is 2. The first-order chi connectivity index (χ1) is 13.6. The van der Waals surface area contributed by atoms with Crippen LogP contribution in [0.5, 0.6) is 0 Å². The van der Waals surface area contributed by atoms with Crippen LogP contribution in [0.2, 0.25) is 0 Å². The molecular weight excluding hydrogens is 354 g/mol. The molecule has 4 atom stereocenters. The molecule has 0 unspecified atom stereocenters. The third-order valence-electron chi connectivity index (χ3n) is 6.67. The minimum Gasteiger partial charge on any atom is -0.448 e. The number of benzene rings is 2. The average Bonchev–Trinajstić information content (AvgIpc) is 3.04. The number of carbonyl (C=O) groups excluding carboxylic acids is 1. The Labute approximate surface area is 164 Å². The topological polar surface area (TPSA) is 70.0 Å². The zero-order chi connectivity index (χ0) is 19.3. The molecule has 5 heteroatoms. The van der Waals surface area contributed by atoms with Gasteiger partial charge in [0.1, 0.15) is 6.61 Å². The van der Waals surface area contributed by atoms with Crippen molar-refractivity contribution in [3.63, 3.8) is 0 Å². The maximum Gasteiger partial charge on any atom is 0.410 e. The number of piperidine rings is 2. The van der Waals surface area contributed by atoms with Crippen LogP contribution in [0.3, 0.4) is 0 Å². The van der Waals surface area contributed by atoms with Gasteiger partial charge in [0.25, 0.3) is 0 Å². The van der Waals surface area contributed by atoms with Crippen molar-refractivity contribution in [2.75, 3.05) is 6.61 Å².